The molecular formula is C21H16ClN3O4S. The number of fused-ring (bicyclic) bond motifs is 1. The van der Waals surface area contributed by atoms with E-state index in [-0.39, 0.29) is 21.9 Å². The van der Waals surface area contributed by atoms with Gasteiger partial charge in [0.2, 0.25) is 15.7 Å². The first-order valence-corrected chi connectivity index (χ1v) is 10.7. The van der Waals surface area contributed by atoms with Crippen LogP contribution in [-0.2, 0) is 16.4 Å². The van der Waals surface area contributed by atoms with Crippen molar-refractivity contribution >= 4 is 32.2 Å². The van der Waals surface area contributed by atoms with Crippen LogP contribution in [0.4, 0.5) is 0 Å². The largest absolute Gasteiger partial charge is 0.481 e. The fourth-order valence-corrected chi connectivity index (χ4v) is 4.61. The molecule has 30 heavy (non-hydrogen) atoms. The molecule has 4 rings (SSSR count). The summed E-state index contributed by atoms with van der Waals surface area (Å²) in [7, 11) is -2.25. The lowest BCUT2D eigenvalue weighted by Crippen LogP contribution is -2.23. The van der Waals surface area contributed by atoms with Crippen molar-refractivity contribution in [2.24, 2.45) is 0 Å². The van der Waals surface area contributed by atoms with Crippen LogP contribution in [0.3, 0.4) is 0 Å². The zero-order chi connectivity index (χ0) is 21.3. The molecule has 0 N–H and O–H groups in total. The van der Waals surface area contributed by atoms with Gasteiger partial charge >= 0.3 is 0 Å². The number of hydrogen-bond donors (Lipinski definition) is 0. The Kier molecular flexibility index (Phi) is 5.27. The predicted molar refractivity (Wildman–Crippen MR) is 113 cm³/mol. The van der Waals surface area contributed by atoms with E-state index in [0.29, 0.717) is 21.7 Å². The van der Waals surface area contributed by atoms with Crippen LogP contribution in [0.5, 0.6) is 5.88 Å². The van der Waals surface area contributed by atoms with Crippen LogP contribution in [-0.4, -0.2) is 30.3 Å². The molecule has 0 radical (unpaired) electrons. The minimum Gasteiger partial charge on any atom is -0.481 e. The Balaban J connectivity index is 1.71. The number of sulfone groups is 1. The van der Waals surface area contributed by atoms with Crippen molar-refractivity contribution in [1.82, 2.24) is 14.8 Å². The minimum atomic E-state index is -3.77. The highest BCUT2D eigenvalue weighted by atomic mass is 35.5. The number of nitrogens with zero attached hydrogens (tertiary/aromatic N) is 3. The molecule has 0 aliphatic heterocycles. The van der Waals surface area contributed by atoms with Crippen molar-refractivity contribution < 1.29 is 13.2 Å². The molecule has 0 amide bonds. The fraction of sp³-hybridized carbons (Fsp3) is 0.0952. The maximum absolute atomic E-state index is 12.9. The van der Waals surface area contributed by atoms with Gasteiger partial charge in [-0.3, -0.25) is 4.79 Å². The third-order valence-electron chi connectivity index (χ3n) is 4.58. The van der Waals surface area contributed by atoms with Crippen LogP contribution < -0.4 is 10.3 Å². The Morgan fingerprint density at radius 3 is 2.53 bits per heavy atom. The van der Waals surface area contributed by atoms with E-state index in [0.717, 1.165) is 5.56 Å². The van der Waals surface area contributed by atoms with E-state index in [2.05, 4.69) is 10.1 Å². The van der Waals surface area contributed by atoms with Gasteiger partial charge in [0.05, 0.1) is 35.0 Å². The molecule has 0 saturated heterocycles. The number of rotatable bonds is 5. The van der Waals surface area contributed by atoms with Gasteiger partial charge in [-0.25, -0.2) is 18.1 Å². The SMILES string of the molecule is COc1ccc(Cn2ncc3cc(S(=O)(=O)c4cccc(Cl)c4)ccc3c2=O)cn1. The lowest BCUT2D eigenvalue weighted by Gasteiger charge is -2.09. The second-order valence-electron chi connectivity index (χ2n) is 6.53. The van der Waals surface area contributed by atoms with Crippen LogP contribution in [0.25, 0.3) is 10.8 Å². The number of hydrogen-bond acceptors (Lipinski definition) is 6. The summed E-state index contributed by atoms with van der Waals surface area (Å²) in [5.74, 6) is 0.478. The number of methoxy groups -OCH3 is 1. The highest BCUT2D eigenvalue weighted by molar-refractivity contribution is 7.91. The van der Waals surface area contributed by atoms with Crippen molar-refractivity contribution in [3.05, 3.63) is 87.9 Å². The summed E-state index contributed by atoms with van der Waals surface area (Å²) in [6.07, 6.45) is 3.09. The summed E-state index contributed by atoms with van der Waals surface area (Å²) in [6, 6.07) is 13.9. The van der Waals surface area contributed by atoms with Gasteiger partial charge in [0, 0.05) is 22.7 Å². The van der Waals surface area contributed by atoms with E-state index in [9.17, 15) is 13.2 Å². The number of ether oxygens (including phenoxy) is 1. The van der Waals surface area contributed by atoms with E-state index in [1.807, 2.05) is 0 Å². The van der Waals surface area contributed by atoms with Crippen LogP contribution in [0.2, 0.25) is 5.02 Å². The zero-order valence-corrected chi connectivity index (χ0v) is 17.4. The molecule has 2 heterocycles. The van der Waals surface area contributed by atoms with E-state index in [1.54, 1.807) is 30.5 Å². The first-order valence-electron chi connectivity index (χ1n) is 8.88. The summed E-state index contributed by atoms with van der Waals surface area (Å²) < 4.78 is 32.1. The molecule has 7 nitrogen and oxygen atoms in total. The van der Waals surface area contributed by atoms with Gasteiger partial charge < -0.3 is 4.74 Å². The number of benzene rings is 2. The lowest BCUT2D eigenvalue weighted by molar-refractivity contribution is 0.397. The molecule has 0 unspecified atom stereocenters. The zero-order valence-electron chi connectivity index (χ0n) is 15.8. The second kappa shape index (κ2) is 7.89. The highest BCUT2D eigenvalue weighted by Crippen LogP contribution is 2.25. The van der Waals surface area contributed by atoms with E-state index >= 15 is 0 Å². The number of aromatic nitrogens is 3. The van der Waals surface area contributed by atoms with Gasteiger partial charge in [-0.05, 0) is 42.0 Å². The van der Waals surface area contributed by atoms with Gasteiger partial charge in [0.1, 0.15) is 0 Å². The molecular weight excluding hydrogens is 426 g/mol. The van der Waals surface area contributed by atoms with Crippen molar-refractivity contribution in [2.75, 3.05) is 7.11 Å². The highest BCUT2D eigenvalue weighted by Gasteiger charge is 2.19. The molecule has 0 spiro atoms. The molecule has 0 atom stereocenters. The van der Waals surface area contributed by atoms with Gasteiger partial charge in [-0.1, -0.05) is 23.7 Å². The first kappa shape index (κ1) is 20.1. The molecule has 0 fully saturated rings. The summed E-state index contributed by atoms with van der Waals surface area (Å²) in [6.45, 7) is 0.230. The number of halogens is 1. The minimum absolute atomic E-state index is 0.0653. The van der Waals surface area contributed by atoms with Gasteiger partial charge in [0.25, 0.3) is 5.56 Å². The molecule has 152 valence electrons. The van der Waals surface area contributed by atoms with Crippen LogP contribution in [0.1, 0.15) is 5.56 Å². The molecule has 0 bridgehead atoms. The maximum Gasteiger partial charge on any atom is 0.274 e. The fourth-order valence-electron chi connectivity index (χ4n) is 3.01. The summed E-state index contributed by atoms with van der Waals surface area (Å²) in [4.78, 5) is 17.1. The average molecular weight is 442 g/mol. The number of pyridine rings is 1. The quantitative estimate of drug-likeness (QED) is 0.471. The predicted octanol–water partition coefficient (Wildman–Crippen LogP) is 3.33. The van der Waals surface area contributed by atoms with Crippen molar-refractivity contribution in [3.8, 4) is 5.88 Å². The topological polar surface area (TPSA) is 91.2 Å². The first-order chi connectivity index (χ1) is 14.4. The molecule has 2 aromatic heterocycles. The molecule has 4 aromatic rings. The van der Waals surface area contributed by atoms with E-state index < -0.39 is 9.84 Å². The summed E-state index contributed by atoms with van der Waals surface area (Å²) >= 11 is 5.93. The van der Waals surface area contributed by atoms with Crippen molar-refractivity contribution in [1.29, 1.82) is 0 Å². The summed E-state index contributed by atoms with van der Waals surface area (Å²) in [5.41, 5.74) is 0.458. The monoisotopic (exact) mass is 441 g/mol. The Morgan fingerprint density at radius 2 is 1.83 bits per heavy atom. The van der Waals surface area contributed by atoms with Crippen LogP contribution in [0, 0.1) is 0 Å². The smallest absolute Gasteiger partial charge is 0.274 e. The van der Waals surface area contributed by atoms with Gasteiger partial charge in [0.15, 0.2) is 0 Å². The Bertz CT molecular complexity index is 1400. The molecule has 0 aliphatic carbocycles. The summed E-state index contributed by atoms with van der Waals surface area (Å²) in [5, 5.41) is 5.32. The third kappa shape index (κ3) is 3.79. The normalized spacial score (nSPS) is 11.5. The molecule has 0 saturated carbocycles. The Hall–Kier alpha value is -3.23. The van der Waals surface area contributed by atoms with E-state index in [4.69, 9.17) is 16.3 Å². The van der Waals surface area contributed by atoms with Crippen LogP contribution in [0.15, 0.2) is 81.6 Å². The van der Waals surface area contributed by atoms with Crippen LogP contribution >= 0.6 is 11.6 Å². The Morgan fingerprint density at radius 1 is 1.03 bits per heavy atom. The lowest BCUT2D eigenvalue weighted by atomic mass is 10.2. The van der Waals surface area contributed by atoms with E-state index in [1.165, 1.54) is 48.3 Å². The van der Waals surface area contributed by atoms with Gasteiger partial charge in [-0.2, -0.15) is 5.10 Å². The van der Waals surface area contributed by atoms with Crippen molar-refractivity contribution in [3.63, 3.8) is 0 Å². The average Bonchev–Trinajstić information content (AvgIpc) is 2.76. The molecule has 9 heteroatoms. The molecule has 0 aliphatic rings. The van der Waals surface area contributed by atoms with Crippen molar-refractivity contribution in [2.45, 2.75) is 16.3 Å². The maximum atomic E-state index is 12.9. The Labute approximate surface area is 177 Å². The van der Waals surface area contributed by atoms with Gasteiger partial charge in [-0.15, -0.1) is 0 Å². The molecule has 2 aromatic carbocycles. The second-order valence-corrected chi connectivity index (χ2v) is 8.91. The standard InChI is InChI=1S/C21H16ClN3O4S/c1-29-20-8-5-14(11-23-20)13-25-21(26)19-7-6-18(9-15(19)12-24-25)30(27,28)17-4-2-3-16(22)10-17/h2-12H,13H2,1H3. The third-order valence-corrected chi connectivity index (χ3v) is 6.56.